The summed E-state index contributed by atoms with van der Waals surface area (Å²) in [7, 11) is 0. The number of carbonyl (C=O) groups is 2. The SMILES string of the molecule is CCOC(C(=O)OCCOCCOC(=O)C(OCC)C(O)C(O)C(O)CO)C(O)C(O)C(O)CO. The van der Waals surface area contributed by atoms with Gasteiger partial charge in [0.15, 0.2) is 12.2 Å². The minimum Gasteiger partial charge on any atom is -0.461 e. The average Bonchev–Trinajstić information content (AvgIpc) is 2.86. The highest BCUT2D eigenvalue weighted by Gasteiger charge is 2.38. The molecule has 0 heterocycles. The van der Waals surface area contributed by atoms with Crippen LogP contribution in [0.15, 0.2) is 0 Å². The number of hydrogen-bond acceptors (Lipinski definition) is 15. The Hall–Kier alpha value is -1.50. The molecule has 15 nitrogen and oxygen atoms in total. The third kappa shape index (κ3) is 11.9. The fraction of sp³-hybridized carbons (Fsp3) is 0.900. The fourth-order valence-corrected chi connectivity index (χ4v) is 2.67. The van der Waals surface area contributed by atoms with Gasteiger partial charge in [0.2, 0.25) is 0 Å². The first-order valence-electron chi connectivity index (χ1n) is 11.0. The van der Waals surface area contributed by atoms with Crippen molar-refractivity contribution in [3.8, 4) is 0 Å². The molecular weight excluding hydrogens is 480 g/mol. The Kier molecular flexibility index (Phi) is 17.9. The Labute approximate surface area is 202 Å². The number of carbonyl (C=O) groups excluding carboxylic acids is 2. The highest BCUT2D eigenvalue weighted by Crippen LogP contribution is 2.12. The largest absolute Gasteiger partial charge is 0.461 e. The minimum atomic E-state index is -1.87. The Balaban J connectivity index is 4.45. The van der Waals surface area contributed by atoms with Gasteiger partial charge >= 0.3 is 11.9 Å². The molecule has 0 aromatic rings. The topological polar surface area (TPSA) is 242 Å². The van der Waals surface area contributed by atoms with E-state index in [1.165, 1.54) is 13.8 Å². The van der Waals surface area contributed by atoms with E-state index in [0.29, 0.717) is 0 Å². The van der Waals surface area contributed by atoms with Gasteiger partial charge in [-0.15, -0.1) is 0 Å². The first kappa shape index (κ1) is 33.5. The quantitative estimate of drug-likeness (QED) is 0.0556. The van der Waals surface area contributed by atoms with Crippen molar-refractivity contribution in [2.45, 2.75) is 62.7 Å². The molecule has 0 aromatic heterocycles. The molecule has 0 amide bonds. The van der Waals surface area contributed by atoms with Crippen LogP contribution in [0, 0.1) is 0 Å². The Bertz CT molecular complexity index is 529. The van der Waals surface area contributed by atoms with Crippen molar-refractivity contribution in [2.24, 2.45) is 0 Å². The molecule has 0 aliphatic heterocycles. The highest BCUT2D eigenvalue weighted by atomic mass is 16.6. The molecular formula is C20H38O15. The maximum absolute atomic E-state index is 12.1. The maximum Gasteiger partial charge on any atom is 0.338 e. The first-order valence-corrected chi connectivity index (χ1v) is 11.0. The zero-order chi connectivity index (χ0) is 27.0. The van der Waals surface area contributed by atoms with E-state index < -0.39 is 74.0 Å². The summed E-state index contributed by atoms with van der Waals surface area (Å²) in [5.41, 5.74) is 0. The third-order valence-electron chi connectivity index (χ3n) is 4.58. The summed E-state index contributed by atoms with van der Waals surface area (Å²) >= 11 is 0. The van der Waals surface area contributed by atoms with Crippen molar-refractivity contribution in [3.05, 3.63) is 0 Å². The number of aliphatic hydroxyl groups is 8. The molecule has 0 aliphatic rings. The van der Waals surface area contributed by atoms with Gasteiger partial charge in [-0.2, -0.15) is 0 Å². The van der Waals surface area contributed by atoms with Crippen molar-refractivity contribution >= 4 is 11.9 Å². The van der Waals surface area contributed by atoms with Crippen LogP contribution in [0.4, 0.5) is 0 Å². The number of esters is 2. The molecule has 0 radical (unpaired) electrons. The lowest BCUT2D eigenvalue weighted by Crippen LogP contribution is -2.50. The van der Waals surface area contributed by atoms with Crippen LogP contribution >= 0.6 is 0 Å². The van der Waals surface area contributed by atoms with E-state index in [0.717, 1.165) is 0 Å². The van der Waals surface area contributed by atoms with Crippen LogP contribution in [0.3, 0.4) is 0 Å². The second-order valence-electron chi connectivity index (χ2n) is 7.16. The van der Waals surface area contributed by atoms with E-state index in [4.69, 9.17) is 33.9 Å². The molecule has 8 atom stereocenters. The Morgan fingerprint density at radius 2 is 0.943 bits per heavy atom. The summed E-state index contributed by atoms with van der Waals surface area (Å²) in [6.07, 6.45) is -14.1. The predicted octanol–water partition coefficient (Wildman–Crippen LogP) is -4.95. The van der Waals surface area contributed by atoms with Crippen molar-refractivity contribution in [1.29, 1.82) is 0 Å². The lowest BCUT2D eigenvalue weighted by Gasteiger charge is -2.27. The van der Waals surface area contributed by atoms with Crippen molar-refractivity contribution in [3.63, 3.8) is 0 Å². The summed E-state index contributed by atoms with van der Waals surface area (Å²) in [4.78, 5) is 24.2. The summed E-state index contributed by atoms with van der Waals surface area (Å²) in [5.74, 6) is -2.09. The van der Waals surface area contributed by atoms with Crippen LogP contribution in [-0.4, -0.2) is 154 Å². The van der Waals surface area contributed by atoms with Gasteiger partial charge in [0.25, 0.3) is 0 Å². The third-order valence-corrected chi connectivity index (χ3v) is 4.58. The Morgan fingerprint density at radius 1 is 0.600 bits per heavy atom. The molecule has 0 aromatic carbocycles. The second kappa shape index (κ2) is 18.7. The number of rotatable bonds is 20. The summed E-state index contributed by atoms with van der Waals surface area (Å²) in [5, 5.41) is 76.0. The average molecular weight is 519 g/mol. The van der Waals surface area contributed by atoms with Gasteiger partial charge in [0.1, 0.15) is 49.8 Å². The molecule has 0 aliphatic carbocycles. The van der Waals surface area contributed by atoms with E-state index in [9.17, 15) is 40.2 Å². The van der Waals surface area contributed by atoms with Crippen LogP contribution in [0.25, 0.3) is 0 Å². The summed E-state index contributed by atoms with van der Waals surface area (Å²) in [6.45, 7) is 0.411. The van der Waals surface area contributed by atoms with Crippen LogP contribution < -0.4 is 0 Å². The molecule has 0 rings (SSSR count). The van der Waals surface area contributed by atoms with Crippen LogP contribution in [0.5, 0.6) is 0 Å². The molecule has 8 unspecified atom stereocenters. The van der Waals surface area contributed by atoms with Crippen molar-refractivity contribution in [1.82, 2.24) is 0 Å². The molecule has 0 saturated carbocycles. The fourth-order valence-electron chi connectivity index (χ4n) is 2.67. The zero-order valence-electron chi connectivity index (χ0n) is 19.7. The zero-order valence-corrected chi connectivity index (χ0v) is 19.7. The maximum atomic E-state index is 12.1. The molecule has 0 spiro atoms. The van der Waals surface area contributed by atoms with E-state index in [1.54, 1.807) is 0 Å². The highest BCUT2D eigenvalue weighted by molar-refractivity contribution is 5.76. The van der Waals surface area contributed by atoms with Gasteiger partial charge in [0.05, 0.1) is 26.4 Å². The monoisotopic (exact) mass is 518 g/mol. The molecule has 15 heteroatoms. The van der Waals surface area contributed by atoms with E-state index >= 15 is 0 Å². The number of ether oxygens (including phenoxy) is 5. The predicted molar refractivity (Wildman–Crippen MR) is 114 cm³/mol. The Morgan fingerprint density at radius 3 is 1.23 bits per heavy atom. The molecule has 8 N–H and O–H groups in total. The summed E-state index contributed by atoms with van der Waals surface area (Å²) in [6, 6.07) is 0. The van der Waals surface area contributed by atoms with Crippen LogP contribution in [0.1, 0.15) is 13.8 Å². The van der Waals surface area contributed by atoms with Gasteiger partial charge in [-0.05, 0) is 13.8 Å². The minimum absolute atomic E-state index is 0.0198. The van der Waals surface area contributed by atoms with Crippen LogP contribution in [0.2, 0.25) is 0 Å². The van der Waals surface area contributed by atoms with Crippen molar-refractivity contribution in [2.75, 3.05) is 52.9 Å². The molecule has 0 fully saturated rings. The van der Waals surface area contributed by atoms with E-state index in [2.05, 4.69) is 0 Å². The van der Waals surface area contributed by atoms with E-state index in [1.807, 2.05) is 0 Å². The van der Waals surface area contributed by atoms with Crippen LogP contribution in [-0.2, 0) is 33.3 Å². The molecule has 208 valence electrons. The van der Waals surface area contributed by atoms with Gasteiger partial charge < -0.3 is 64.5 Å². The van der Waals surface area contributed by atoms with Crippen molar-refractivity contribution < 1.29 is 74.1 Å². The lowest BCUT2D eigenvalue weighted by atomic mass is 10.0. The number of hydrogen-bond donors (Lipinski definition) is 8. The standard InChI is InChI=1S/C20H38O15/c1-3-32-17(15(27)13(25)11(23)9-21)19(29)34-7-5-31-6-8-35-20(30)18(33-4-2)16(28)14(26)12(24)10-22/h11-18,21-28H,3-10H2,1-2H3. The normalized spacial score (nSPS) is 18.6. The molecule has 35 heavy (non-hydrogen) atoms. The second-order valence-corrected chi connectivity index (χ2v) is 7.16. The van der Waals surface area contributed by atoms with E-state index in [-0.39, 0.29) is 39.6 Å². The molecule has 0 saturated heterocycles. The molecule has 0 bridgehead atoms. The van der Waals surface area contributed by atoms with Gasteiger partial charge in [0, 0.05) is 13.2 Å². The lowest BCUT2D eigenvalue weighted by molar-refractivity contribution is -0.179. The summed E-state index contributed by atoms with van der Waals surface area (Å²) < 4.78 is 25.0. The van der Waals surface area contributed by atoms with Gasteiger partial charge in [-0.3, -0.25) is 0 Å². The van der Waals surface area contributed by atoms with Gasteiger partial charge in [-0.25, -0.2) is 9.59 Å². The smallest absolute Gasteiger partial charge is 0.338 e. The number of aliphatic hydroxyl groups excluding tert-OH is 8. The van der Waals surface area contributed by atoms with Gasteiger partial charge in [-0.1, -0.05) is 0 Å². The first-order chi connectivity index (χ1) is 16.6.